The van der Waals surface area contributed by atoms with Crippen LogP contribution in [0.15, 0.2) is 23.4 Å². The van der Waals surface area contributed by atoms with Gasteiger partial charge in [-0.05, 0) is 23.8 Å². The van der Waals surface area contributed by atoms with E-state index in [4.69, 9.17) is 5.11 Å². The molecule has 0 radical (unpaired) electrons. The molecule has 0 spiro atoms. The van der Waals surface area contributed by atoms with Crippen molar-refractivity contribution in [2.24, 2.45) is 11.3 Å². The zero-order valence-electron chi connectivity index (χ0n) is 12.3. The number of rotatable bonds is 5. The third kappa shape index (κ3) is 4.27. The van der Waals surface area contributed by atoms with Crippen LogP contribution in [0.4, 0.5) is 0 Å². The Morgan fingerprint density at radius 2 is 2.19 bits per heavy atom. The summed E-state index contributed by atoms with van der Waals surface area (Å²) in [5, 5.41) is 8.67. The molecular formula is C15H20N2O3S. The van der Waals surface area contributed by atoms with Crippen LogP contribution in [-0.2, 0) is 10.0 Å². The van der Waals surface area contributed by atoms with E-state index in [1.807, 2.05) is 0 Å². The van der Waals surface area contributed by atoms with Crippen molar-refractivity contribution in [1.29, 1.82) is 0 Å². The normalized spacial score (nSPS) is 19.7. The summed E-state index contributed by atoms with van der Waals surface area (Å²) in [6.45, 7) is 4.70. The molecule has 1 saturated carbocycles. The summed E-state index contributed by atoms with van der Waals surface area (Å²) in [5.74, 6) is 5.93. The molecule has 0 aromatic carbocycles. The number of nitrogens with zero attached hydrogens (tertiary/aromatic N) is 1. The number of aromatic nitrogens is 1. The molecule has 5 nitrogen and oxygen atoms in total. The maximum absolute atomic E-state index is 12.2. The molecule has 114 valence electrons. The first kappa shape index (κ1) is 16.0. The highest BCUT2D eigenvalue weighted by Gasteiger charge is 2.45. The van der Waals surface area contributed by atoms with Crippen LogP contribution >= 0.6 is 0 Å². The van der Waals surface area contributed by atoms with Gasteiger partial charge in [0.2, 0.25) is 10.0 Å². The summed E-state index contributed by atoms with van der Waals surface area (Å²) < 4.78 is 27.1. The summed E-state index contributed by atoms with van der Waals surface area (Å²) in [6.07, 6.45) is 4.22. The first-order valence-electron chi connectivity index (χ1n) is 6.89. The molecule has 2 N–H and O–H groups in total. The molecule has 1 aliphatic rings. The van der Waals surface area contributed by atoms with Crippen molar-refractivity contribution >= 4 is 10.0 Å². The van der Waals surface area contributed by atoms with Crippen LogP contribution < -0.4 is 4.72 Å². The van der Waals surface area contributed by atoms with Gasteiger partial charge in [0, 0.05) is 30.9 Å². The SMILES string of the molecule is CC1(C)CC1CNS(=O)(=O)c1cncc(C#CCCO)c1. The third-order valence-electron chi connectivity index (χ3n) is 3.73. The van der Waals surface area contributed by atoms with E-state index in [2.05, 4.69) is 35.4 Å². The molecule has 1 aromatic rings. The standard InChI is InChI=1S/C15H20N2O3S/c1-15(2)8-13(15)10-17-21(19,20)14-7-12(9-16-11-14)5-3-4-6-18/h7,9,11,13,17-18H,4,6,8,10H2,1-2H3. The summed E-state index contributed by atoms with van der Waals surface area (Å²) in [6, 6.07) is 1.50. The fraction of sp³-hybridized carbons (Fsp3) is 0.533. The molecule has 1 fully saturated rings. The number of hydrogen-bond acceptors (Lipinski definition) is 4. The molecule has 6 heteroatoms. The Hall–Kier alpha value is -1.42. The molecule has 0 saturated heterocycles. The lowest BCUT2D eigenvalue weighted by Gasteiger charge is -2.07. The molecule has 1 aliphatic carbocycles. The van der Waals surface area contributed by atoms with Gasteiger partial charge in [-0.15, -0.1) is 0 Å². The molecule has 0 amide bonds. The Morgan fingerprint density at radius 1 is 1.48 bits per heavy atom. The van der Waals surface area contributed by atoms with E-state index < -0.39 is 10.0 Å². The molecular weight excluding hydrogens is 288 g/mol. The zero-order valence-corrected chi connectivity index (χ0v) is 13.1. The van der Waals surface area contributed by atoms with Gasteiger partial charge >= 0.3 is 0 Å². The second kappa shape index (κ2) is 6.14. The Bertz CT molecular complexity index is 672. The van der Waals surface area contributed by atoms with Gasteiger partial charge < -0.3 is 5.11 Å². The maximum atomic E-state index is 12.2. The largest absolute Gasteiger partial charge is 0.395 e. The Kier molecular flexibility index (Phi) is 4.67. The molecule has 0 aliphatic heterocycles. The van der Waals surface area contributed by atoms with Crippen molar-refractivity contribution in [3.63, 3.8) is 0 Å². The predicted octanol–water partition coefficient (Wildman–Crippen LogP) is 1.14. The fourth-order valence-electron chi connectivity index (χ4n) is 2.07. The Balaban J connectivity index is 2.06. The van der Waals surface area contributed by atoms with Crippen molar-refractivity contribution in [3.05, 3.63) is 24.0 Å². The summed E-state index contributed by atoms with van der Waals surface area (Å²) in [4.78, 5) is 4.04. The highest BCUT2D eigenvalue weighted by atomic mass is 32.2. The van der Waals surface area contributed by atoms with Gasteiger partial charge in [-0.2, -0.15) is 0 Å². The zero-order chi connectivity index (χ0) is 15.5. The second-order valence-electron chi connectivity index (χ2n) is 5.93. The number of hydrogen-bond donors (Lipinski definition) is 2. The highest BCUT2D eigenvalue weighted by Crippen LogP contribution is 2.51. The van der Waals surface area contributed by atoms with Crippen LogP contribution in [0.1, 0.15) is 32.3 Å². The van der Waals surface area contributed by atoms with Crippen LogP contribution in [0, 0.1) is 23.2 Å². The topological polar surface area (TPSA) is 79.3 Å². The van der Waals surface area contributed by atoms with Gasteiger partial charge in [0.15, 0.2) is 0 Å². The average Bonchev–Trinajstić information content (AvgIpc) is 3.05. The van der Waals surface area contributed by atoms with Crippen LogP contribution in [0.5, 0.6) is 0 Å². The predicted molar refractivity (Wildman–Crippen MR) is 79.9 cm³/mol. The van der Waals surface area contributed by atoms with Gasteiger partial charge in [-0.1, -0.05) is 25.7 Å². The van der Waals surface area contributed by atoms with Gasteiger partial charge in [-0.25, -0.2) is 13.1 Å². The van der Waals surface area contributed by atoms with Crippen LogP contribution in [0.2, 0.25) is 0 Å². The first-order chi connectivity index (χ1) is 9.85. The van der Waals surface area contributed by atoms with Crippen molar-refractivity contribution in [2.75, 3.05) is 13.2 Å². The fourth-order valence-corrected chi connectivity index (χ4v) is 3.14. The van der Waals surface area contributed by atoms with Crippen LogP contribution in [-0.4, -0.2) is 31.7 Å². The minimum Gasteiger partial charge on any atom is -0.395 e. The molecule has 1 atom stereocenters. The lowest BCUT2D eigenvalue weighted by atomic mass is 10.1. The quantitative estimate of drug-likeness (QED) is 0.800. The van der Waals surface area contributed by atoms with E-state index in [1.165, 1.54) is 18.5 Å². The van der Waals surface area contributed by atoms with E-state index in [0.717, 1.165) is 6.42 Å². The minimum atomic E-state index is -3.55. The Morgan fingerprint density at radius 3 is 2.81 bits per heavy atom. The van der Waals surface area contributed by atoms with Gasteiger partial charge in [-0.3, -0.25) is 4.98 Å². The Labute approximate surface area is 125 Å². The highest BCUT2D eigenvalue weighted by molar-refractivity contribution is 7.89. The van der Waals surface area contributed by atoms with Crippen LogP contribution in [0.3, 0.4) is 0 Å². The molecule has 1 unspecified atom stereocenters. The summed E-state index contributed by atoms with van der Waals surface area (Å²) in [7, 11) is -3.55. The summed E-state index contributed by atoms with van der Waals surface area (Å²) in [5.41, 5.74) is 0.761. The van der Waals surface area contributed by atoms with E-state index in [-0.39, 0.29) is 16.9 Å². The van der Waals surface area contributed by atoms with E-state index in [1.54, 1.807) is 0 Å². The molecule has 2 rings (SSSR count). The summed E-state index contributed by atoms with van der Waals surface area (Å²) >= 11 is 0. The van der Waals surface area contributed by atoms with Gasteiger partial charge in [0.1, 0.15) is 4.90 Å². The van der Waals surface area contributed by atoms with E-state index in [9.17, 15) is 8.42 Å². The van der Waals surface area contributed by atoms with Crippen molar-refractivity contribution in [3.8, 4) is 11.8 Å². The lowest BCUT2D eigenvalue weighted by Crippen LogP contribution is -2.27. The minimum absolute atomic E-state index is 0.0167. The molecule has 1 aromatic heterocycles. The van der Waals surface area contributed by atoms with Crippen LogP contribution in [0.25, 0.3) is 0 Å². The lowest BCUT2D eigenvalue weighted by molar-refractivity contribution is 0.305. The number of sulfonamides is 1. The molecule has 0 bridgehead atoms. The number of nitrogens with one attached hydrogen (secondary N) is 1. The number of pyridine rings is 1. The number of aliphatic hydroxyl groups excluding tert-OH is 1. The van der Waals surface area contributed by atoms with E-state index in [0.29, 0.717) is 24.4 Å². The molecule has 1 heterocycles. The first-order valence-corrected chi connectivity index (χ1v) is 8.38. The van der Waals surface area contributed by atoms with E-state index >= 15 is 0 Å². The van der Waals surface area contributed by atoms with Gasteiger partial charge in [0.05, 0.1) is 6.61 Å². The van der Waals surface area contributed by atoms with Crippen molar-refractivity contribution in [1.82, 2.24) is 9.71 Å². The van der Waals surface area contributed by atoms with Gasteiger partial charge in [0.25, 0.3) is 0 Å². The third-order valence-corrected chi connectivity index (χ3v) is 5.12. The smallest absolute Gasteiger partial charge is 0.242 e. The second-order valence-corrected chi connectivity index (χ2v) is 7.69. The maximum Gasteiger partial charge on any atom is 0.242 e. The molecule has 21 heavy (non-hydrogen) atoms. The monoisotopic (exact) mass is 308 g/mol. The van der Waals surface area contributed by atoms with Crippen molar-refractivity contribution < 1.29 is 13.5 Å². The van der Waals surface area contributed by atoms with Crippen molar-refractivity contribution in [2.45, 2.75) is 31.6 Å². The number of aliphatic hydroxyl groups is 1. The average molecular weight is 308 g/mol.